The minimum Gasteiger partial charge on any atom is -0.348 e. The number of halogens is 2. The zero-order valence-corrected chi connectivity index (χ0v) is 10.9. The van der Waals surface area contributed by atoms with E-state index in [1.807, 2.05) is 18.2 Å². The van der Waals surface area contributed by atoms with Crippen molar-refractivity contribution in [1.29, 1.82) is 0 Å². The number of hydrogen-bond acceptors (Lipinski definition) is 2. The molecule has 1 amide bonds. The Labute approximate surface area is 115 Å². The molecule has 2 aromatic rings. The minimum atomic E-state index is -0.270. The van der Waals surface area contributed by atoms with Crippen LogP contribution in [-0.4, -0.2) is 10.9 Å². The predicted molar refractivity (Wildman–Crippen MR) is 71.9 cm³/mol. The Bertz CT molecular complexity index is 572. The molecule has 0 fully saturated rings. The molecule has 0 radical (unpaired) electrons. The molecule has 1 N–H and O–H groups in total. The van der Waals surface area contributed by atoms with Crippen molar-refractivity contribution in [3.05, 3.63) is 63.9 Å². The molecule has 0 saturated heterocycles. The van der Waals surface area contributed by atoms with E-state index in [1.165, 1.54) is 6.20 Å². The molecular formula is C13H10Cl2N2O. The maximum absolute atomic E-state index is 11.9. The van der Waals surface area contributed by atoms with Gasteiger partial charge in [-0.15, -0.1) is 0 Å². The van der Waals surface area contributed by atoms with Crippen molar-refractivity contribution < 1.29 is 4.79 Å². The van der Waals surface area contributed by atoms with Crippen LogP contribution in [0.3, 0.4) is 0 Å². The maximum atomic E-state index is 11.9. The van der Waals surface area contributed by atoms with Crippen molar-refractivity contribution >= 4 is 29.1 Å². The molecule has 1 heterocycles. The van der Waals surface area contributed by atoms with E-state index in [1.54, 1.807) is 18.2 Å². The average molecular weight is 281 g/mol. The molecule has 0 atom stereocenters. The van der Waals surface area contributed by atoms with Gasteiger partial charge in [0.1, 0.15) is 5.15 Å². The van der Waals surface area contributed by atoms with Crippen molar-refractivity contribution in [2.24, 2.45) is 0 Å². The lowest BCUT2D eigenvalue weighted by molar-refractivity contribution is 0.0950. The summed E-state index contributed by atoms with van der Waals surface area (Å²) >= 11 is 11.8. The lowest BCUT2D eigenvalue weighted by atomic mass is 10.2. The highest BCUT2D eigenvalue weighted by Gasteiger charge is 2.10. The topological polar surface area (TPSA) is 42.0 Å². The summed E-state index contributed by atoms with van der Waals surface area (Å²) in [4.78, 5) is 15.7. The van der Waals surface area contributed by atoms with E-state index >= 15 is 0 Å². The summed E-state index contributed by atoms with van der Waals surface area (Å²) in [5.74, 6) is -0.270. The maximum Gasteiger partial charge on any atom is 0.254 e. The Morgan fingerprint density at radius 3 is 2.67 bits per heavy atom. The molecule has 1 aromatic carbocycles. The number of nitrogens with one attached hydrogen (secondary N) is 1. The fraction of sp³-hybridized carbons (Fsp3) is 0.0769. The Kier molecular flexibility index (Phi) is 4.18. The van der Waals surface area contributed by atoms with Crippen LogP contribution in [0.15, 0.2) is 42.6 Å². The number of benzene rings is 1. The fourth-order valence-electron chi connectivity index (χ4n) is 1.47. The Morgan fingerprint density at radius 2 is 1.94 bits per heavy atom. The van der Waals surface area contributed by atoms with Crippen LogP contribution in [0.25, 0.3) is 0 Å². The number of rotatable bonds is 3. The standard InChI is InChI=1S/C13H10Cl2N2O/c14-11-6-2-1-4-9(11)8-17-13(18)10-5-3-7-16-12(10)15/h1-7H,8H2,(H,17,18). The first-order valence-corrected chi connectivity index (χ1v) is 6.06. The summed E-state index contributed by atoms with van der Waals surface area (Å²) in [6.07, 6.45) is 1.53. The van der Waals surface area contributed by atoms with Gasteiger partial charge in [-0.25, -0.2) is 4.98 Å². The Hall–Kier alpha value is -1.58. The van der Waals surface area contributed by atoms with Crippen molar-refractivity contribution in [1.82, 2.24) is 10.3 Å². The van der Waals surface area contributed by atoms with Crippen LogP contribution in [0.2, 0.25) is 10.2 Å². The van der Waals surface area contributed by atoms with Gasteiger partial charge in [-0.2, -0.15) is 0 Å². The number of pyridine rings is 1. The first kappa shape index (κ1) is 12.9. The monoisotopic (exact) mass is 280 g/mol. The molecule has 18 heavy (non-hydrogen) atoms. The van der Waals surface area contributed by atoms with Gasteiger partial charge in [-0.3, -0.25) is 4.79 Å². The number of nitrogens with zero attached hydrogens (tertiary/aromatic N) is 1. The van der Waals surface area contributed by atoms with Crippen molar-refractivity contribution in [3.8, 4) is 0 Å². The van der Waals surface area contributed by atoms with Crippen molar-refractivity contribution in [2.75, 3.05) is 0 Å². The number of amides is 1. The quantitative estimate of drug-likeness (QED) is 0.877. The minimum absolute atomic E-state index is 0.189. The van der Waals surface area contributed by atoms with Crippen LogP contribution < -0.4 is 5.32 Å². The zero-order valence-electron chi connectivity index (χ0n) is 9.36. The van der Waals surface area contributed by atoms with Crippen LogP contribution in [-0.2, 0) is 6.54 Å². The second-order valence-electron chi connectivity index (χ2n) is 3.62. The number of hydrogen-bond donors (Lipinski definition) is 1. The molecule has 0 aliphatic heterocycles. The van der Waals surface area contributed by atoms with Gasteiger partial charge in [0, 0.05) is 17.8 Å². The van der Waals surface area contributed by atoms with Gasteiger partial charge in [0.15, 0.2) is 0 Å². The first-order valence-electron chi connectivity index (χ1n) is 5.30. The third-order valence-electron chi connectivity index (χ3n) is 2.40. The molecule has 0 unspecified atom stereocenters. The second-order valence-corrected chi connectivity index (χ2v) is 4.38. The van der Waals surface area contributed by atoms with E-state index < -0.39 is 0 Å². The molecule has 1 aromatic heterocycles. The van der Waals surface area contributed by atoms with Crippen LogP contribution in [0.5, 0.6) is 0 Å². The van der Waals surface area contributed by atoms with Crippen LogP contribution in [0, 0.1) is 0 Å². The lowest BCUT2D eigenvalue weighted by Crippen LogP contribution is -2.23. The van der Waals surface area contributed by atoms with Crippen molar-refractivity contribution in [3.63, 3.8) is 0 Å². The van der Waals surface area contributed by atoms with Crippen LogP contribution in [0.4, 0.5) is 0 Å². The van der Waals surface area contributed by atoms with E-state index in [9.17, 15) is 4.79 Å². The van der Waals surface area contributed by atoms with Crippen molar-refractivity contribution in [2.45, 2.75) is 6.54 Å². The molecule has 0 aliphatic rings. The average Bonchev–Trinajstić information content (AvgIpc) is 2.38. The van der Waals surface area contributed by atoms with Gasteiger partial charge in [0.25, 0.3) is 5.91 Å². The molecule has 0 bridgehead atoms. The molecule has 92 valence electrons. The number of carbonyl (C=O) groups excluding carboxylic acids is 1. The Morgan fingerprint density at radius 1 is 1.17 bits per heavy atom. The van der Waals surface area contributed by atoms with Crippen LogP contribution >= 0.6 is 23.2 Å². The van der Waals surface area contributed by atoms with E-state index in [0.29, 0.717) is 17.1 Å². The fourth-order valence-corrected chi connectivity index (χ4v) is 1.88. The molecule has 5 heteroatoms. The highest BCUT2D eigenvalue weighted by Crippen LogP contribution is 2.15. The Balaban J connectivity index is 2.06. The zero-order chi connectivity index (χ0) is 13.0. The predicted octanol–water partition coefficient (Wildman–Crippen LogP) is 3.32. The summed E-state index contributed by atoms with van der Waals surface area (Å²) in [5.41, 5.74) is 1.21. The van der Waals surface area contributed by atoms with E-state index in [2.05, 4.69) is 10.3 Å². The lowest BCUT2D eigenvalue weighted by Gasteiger charge is -2.07. The van der Waals surface area contributed by atoms with E-state index in [-0.39, 0.29) is 11.1 Å². The number of aromatic nitrogens is 1. The SMILES string of the molecule is O=C(NCc1ccccc1Cl)c1cccnc1Cl. The molecule has 0 saturated carbocycles. The smallest absolute Gasteiger partial charge is 0.254 e. The number of carbonyl (C=O) groups is 1. The molecule has 2 rings (SSSR count). The third-order valence-corrected chi connectivity index (χ3v) is 3.07. The second kappa shape index (κ2) is 5.85. The normalized spacial score (nSPS) is 10.1. The summed E-state index contributed by atoms with van der Waals surface area (Å²) in [5, 5.41) is 3.56. The van der Waals surface area contributed by atoms with Gasteiger partial charge in [0.2, 0.25) is 0 Å². The highest BCUT2D eigenvalue weighted by atomic mass is 35.5. The highest BCUT2D eigenvalue weighted by molar-refractivity contribution is 6.32. The summed E-state index contributed by atoms with van der Waals surface area (Å²) in [7, 11) is 0. The molecular weight excluding hydrogens is 271 g/mol. The molecule has 0 spiro atoms. The van der Waals surface area contributed by atoms with E-state index in [0.717, 1.165) is 5.56 Å². The van der Waals surface area contributed by atoms with Gasteiger partial charge in [-0.05, 0) is 23.8 Å². The van der Waals surface area contributed by atoms with Gasteiger partial charge < -0.3 is 5.32 Å². The summed E-state index contributed by atoms with van der Waals surface area (Å²) in [6, 6.07) is 10.6. The van der Waals surface area contributed by atoms with Gasteiger partial charge in [0.05, 0.1) is 5.56 Å². The summed E-state index contributed by atoms with van der Waals surface area (Å²) < 4.78 is 0. The van der Waals surface area contributed by atoms with Gasteiger partial charge >= 0.3 is 0 Å². The van der Waals surface area contributed by atoms with Gasteiger partial charge in [-0.1, -0.05) is 41.4 Å². The molecule has 3 nitrogen and oxygen atoms in total. The first-order chi connectivity index (χ1) is 8.68. The summed E-state index contributed by atoms with van der Waals surface area (Å²) in [6.45, 7) is 0.351. The third kappa shape index (κ3) is 3.00. The largest absolute Gasteiger partial charge is 0.348 e. The molecule has 0 aliphatic carbocycles. The van der Waals surface area contributed by atoms with E-state index in [4.69, 9.17) is 23.2 Å². The van der Waals surface area contributed by atoms with Crippen LogP contribution in [0.1, 0.15) is 15.9 Å².